The van der Waals surface area contributed by atoms with E-state index in [2.05, 4.69) is 23.5 Å². The molecule has 1 heterocycles. The van der Waals surface area contributed by atoms with Crippen LogP contribution in [0.3, 0.4) is 0 Å². The van der Waals surface area contributed by atoms with Gasteiger partial charge in [0.25, 0.3) is 10.0 Å². The first-order chi connectivity index (χ1) is 13.4. The minimum absolute atomic E-state index is 0.205. The van der Waals surface area contributed by atoms with E-state index >= 15 is 0 Å². The summed E-state index contributed by atoms with van der Waals surface area (Å²) >= 11 is 0. The van der Waals surface area contributed by atoms with Crippen molar-refractivity contribution in [1.82, 2.24) is 0 Å². The van der Waals surface area contributed by atoms with Gasteiger partial charge in [-0.2, -0.15) is 0 Å². The van der Waals surface area contributed by atoms with Gasteiger partial charge in [-0.25, -0.2) is 8.42 Å². The van der Waals surface area contributed by atoms with Crippen LogP contribution < -0.4 is 14.4 Å². The molecule has 6 nitrogen and oxygen atoms in total. The van der Waals surface area contributed by atoms with E-state index in [0.717, 1.165) is 25.2 Å². The van der Waals surface area contributed by atoms with Gasteiger partial charge in [-0.1, -0.05) is 13.8 Å². The van der Waals surface area contributed by atoms with E-state index in [1.165, 1.54) is 0 Å². The lowest BCUT2D eigenvalue weighted by atomic mass is 10.2. The molecule has 7 heteroatoms. The number of ether oxygens (including phenoxy) is 2. The molecule has 1 fully saturated rings. The molecule has 1 saturated heterocycles. The van der Waals surface area contributed by atoms with Crippen molar-refractivity contribution >= 4 is 21.4 Å². The van der Waals surface area contributed by atoms with Crippen molar-refractivity contribution in [2.75, 3.05) is 36.4 Å². The lowest BCUT2D eigenvalue weighted by molar-refractivity contribution is 0.121. The Kier molecular flexibility index (Phi) is 6.46. The quantitative estimate of drug-likeness (QED) is 0.726. The molecule has 0 amide bonds. The fraction of sp³-hybridized carbons (Fsp3) is 0.429. The highest BCUT2D eigenvalue weighted by atomic mass is 32.2. The van der Waals surface area contributed by atoms with Crippen molar-refractivity contribution in [2.24, 2.45) is 5.92 Å². The van der Waals surface area contributed by atoms with Gasteiger partial charge in [-0.15, -0.1) is 0 Å². The second kappa shape index (κ2) is 8.84. The first-order valence-electron chi connectivity index (χ1n) is 9.51. The Morgan fingerprint density at radius 3 is 2.36 bits per heavy atom. The van der Waals surface area contributed by atoms with Gasteiger partial charge in [0.15, 0.2) is 0 Å². The van der Waals surface area contributed by atoms with E-state index in [1.807, 2.05) is 12.1 Å². The first kappa shape index (κ1) is 20.5. The predicted molar refractivity (Wildman–Crippen MR) is 112 cm³/mol. The molecule has 1 atom stereocenters. The fourth-order valence-corrected chi connectivity index (χ4v) is 4.15. The summed E-state index contributed by atoms with van der Waals surface area (Å²) in [6, 6.07) is 13.9. The molecule has 2 aromatic rings. The van der Waals surface area contributed by atoms with Gasteiger partial charge in [0.2, 0.25) is 0 Å². The number of nitrogens with one attached hydrogen (secondary N) is 1. The molecule has 1 unspecified atom stereocenters. The van der Waals surface area contributed by atoms with Gasteiger partial charge in [0.1, 0.15) is 5.75 Å². The molecular weight excluding hydrogens is 376 g/mol. The Morgan fingerprint density at radius 2 is 1.79 bits per heavy atom. The molecule has 28 heavy (non-hydrogen) atoms. The van der Waals surface area contributed by atoms with Crippen molar-refractivity contribution in [2.45, 2.75) is 31.3 Å². The van der Waals surface area contributed by atoms with E-state index in [4.69, 9.17) is 9.47 Å². The van der Waals surface area contributed by atoms with Crippen molar-refractivity contribution in [3.63, 3.8) is 0 Å². The molecule has 0 bridgehead atoms. The van der Waals surface area contributed by atoms with Gasteiger partial charge in [-0.05, 0) is 60.9 Å². The maximum Gasteiger partial charge on any atom is 0.261 e. The highest BCUT2D eigenvalue weighted by Crippen LogP contribution is 2.25. The van der Waals surface area contributed by atoms with E-state index in [0.29, 0.717) is 24.0 Å². The van der Waals surface area contributed by atoms with Gasteiger partial charge < -0.3 is 14.4 Å². The molecule has 0 spiro atoms. The topological polar surface area (TPSA) is 67.9 Å². The van der Waals surface area contributed by atoms with Gasteiger partial charge in [0, 0.05) is 31.6 Å². The van der Waals surface area contributed by atoms with Gasteiger partial charge in [0.05, 0.1) is 17.6 Å². The Balaban J connectivity index is 1.63. The summed E-state index contributed by atoms with van der Waals surface area (Å²) in [4.78, 5) is 2.44. The SMILES string of the molecule is COC1CCN(c2ccc(NS(=O)(=O)c3ccc(OCC(C)C)cc3)cc2)C1. The summed E-state index contributed by atoms with van der Waals surface area (Å²) < 4.78 is 38.9. The molecule has 0 aliphatic carbocycles. The van der Waals surface area contributed by atoms with Crippen LogP contribution in [0.15, 0.2) is 53.4 Å². The molecule has 2 aromatic carbocycles. The van der Waals surface area contributed by atoms with Crippen LogP contribution in [-0.2, 0) is 14.8 Å². The molecular formula is C21H28N2O4S. The number of anilines is 2. The minimum atomic E-state index is -3.65. The number of benzene rings is 2. The smallest absolute Gasteiger partial charge is 0.261 e. The molecule has 0 radical (unpaired) electrons. The average Bonchev–Trinajstić information content (AvgIpc) is 3.16. The molecule has 1 N–H and O–H groups in total. The van der Waals surface area contributed by atoms with Crippen molar-refractivity contribution < 1.29 is 17.9 Å². The summed E-state index contributed by atoms with van der Waals surface area (Å²) in [7, 11) is -1.91. The maximum absolute atomic E-state index is 12.6. The number of nitrogens with zero attached hydrogens (tertiary/aromatic N) is 1. The van der Waals surface area contributed by atoms with E-state index in [9.17, 15) is 8.42 Å². The monoisotopic (exact) mass is 404 g/mol. The predicted octanol–water partition coefficient (Wildman–Crippen LogP) is 3.75. The lowest BCUT2D eigenvalue weighted by Crippen LogP contribution is -2.22. The third kappa shape index (κ3) is 5.17. The Hall–Kier alpha value is -2.25. The highest BCUT2D eigenvalue weighted by Gasteiger charge is 2.22. The number of hydrogen-bond donors (Lipinski definition) is 1. The zero-order valence-corrected chi connectivity index (χ0v) is 17.4. The van der Waals surface area contributed by atoms with Crippen molar-refractivity contribution in [1.29, 1.82) is 0 Å². The van der Waals surface area contributed by atoms with Crippen LogP contribution in [0.2, 0.25) is 0 Å². The Labute approximate surface area is 167 Å². The third-order valence-corrected chi connectivity index (χ3v) is 6.08. The summed E-state index contributed by atoms with van der Waals surface area (Å²) in [5, 5.41) is 0. The summed E-state index contributed by atoms with van der Waals surface area (Å²) in [5.41, 5.74) is 1.60. The second-order valence-electron chi connectivity index (χ2n) is 7.42. The van der Waals surface area contributed by atoms with Crippen molar-refractivity contribution in [3.05, 3.63) is 48.5 Å². The highest BCUT2D eigenvalue weighted by molar-refractivity contribution is 7.92. The van der Waals surface area contributed by atoms with Crippen LogP contribution in [0.1, 0.15) is 20.3 Å². The average molecular weight is 405 g/mol. The van der Waals surface area contributed by atoms with Crippen LogP contribution >= 0.6 is 0 Å². The lowest BCUT2D eigenvalue weighted by Gasteiger charge is -2.19. The number of rotatable bonds is 8. The summed E-state index contributed by atoms with van der Waals surface area (Å²) in [5.74, 6) is 1.07. The van der Waals surface area contributed by atoms with E-state index < -0.39 is 10.0 Å². The molecule has 0 saturated carbocycles. The largest absolute Gasteiger partial charge is 0.493 e. The molecule has 0 aromatic heterocycles. The summed E-state index contributed by atoms with van der Waals surface area (Å²) in [6.45, 7) is 6.52. The molecule has 1 aliphatic rings. The normalized spacial score (nSPS) is 17.1. The molecule has 1 aliphatic heterocycles. The van der Waals surface area contributed by atoms with Crippen molar-refractivity contribution in [3.8, 4) is 5.75 Å². The Morgan fingerprint density at radius 1 is 1.11 bits per heavy atom. The maximum atomic E-state index is 12.6. The minimum Gasteiger partial charge on any atom is -0.493 e. The van der Waals surface area contributed by atoms with E-state index in [-0.39, 0.29) is 11.0 Å². The Bertz CT molecular complexity index is 864. The zero-order chi connectivity index (χ0) is 20.1. The molecule has 152 valence electrons. The van der Waals surface area contributed by atoms with Gasteiger partial charge in [-0.3, -0.25) is 4.72 Å². The zero-order valence-electron chi connectivity index (χ0n) is 16.6. The number of sulfonamides is 1. The van der Waals surface area contributed by atoms with Crippen LogP contribution in [0.5, 0.6) is 5.75 Å². The third-order valence-electron chi connectivity index (χ3n) is 4.68. The van der Waals surface area contributed by atoms with Crippen LogP contribution in [0, 0.1) is 5.92 Å². The van der Waals surface area contributed by atoms with Crippen LogP contribution in [0.4, 0.5) is 11.4 Å². The first-order valence-corrected chi connectivity index (χ1v) is 11.0. The van der Waals surface area contributed by atoms with Gasteiger partial charge >= 0.3 is 0 Å². The van der Waals surface area contributed by atoms with Crippen LogP contribution in [-0.4, -0.2) is 41.3 Å². The number of hydrogen-bond acceptors (Lipinski definition) is 5. The number of methoxy groups -OCH3 is 1. The standard InChI is InChI=1S/C21H28N2O4S/c1-16(2)15-27-19-8-10-21(11-9-19)28(24,25)22-17-4-6-18(7-5-17)23-13-12-20(14-23)26-3/h4-11,16,20,22H,12-15H2,1-3H3. The van der Waals surface area contributed by atoms with E-state index in [1.54, 1.807) is 43.5 Å². The van der Waals surface area contributed by atoms with Crippen LogP contribution in [0.25, 0.3) is 0 Å². The second-order valence-corrected chi connectivity index (χ2v) is 9.10. The summed E-state index contributed by atoms with van der Waals surface area (Å²) in [6.07, 6.45) is 1.26. The molecule has 3 rings (SSSR count). The fourth-order valence-electron chi connectivity index (χ4n) is 3.09.